The lowest BCUT2D eigenvalue weighted by atomic mass is 10.1. The van der Waals surface area contributed by atoms with Crippen LogP contribution in [0.15, 0.2) is 18.2 Å². The van der Waals surface area contributed by atoms with Gasteiger partial charge in [-0.2, -0.15) is 10.4 Å². The molecule has 1 heterocycles. The van der Waals surface area contributed by atoms with Gasteiger partial charge >= 0.3 is 0 Å². The molecule has 0 spiro atoms. The first kappa shape index (κ1) is 21.2. The molecule has 0 aliphatic carbocycles. The summed E-state index contributed by atoms with van der Waals surface area (Å²) in [7, 11) is 0. The number of nitrogens with one attached hydrogen (secondary N) is 2. The standard InChI is InChI=1S/C21H27N5O2/c1-5-20(27)23-18-8-6-9-19(14(18)2)24-21(28)11-10-17-15(3)25-26(16(17)4)13-7-12-22/h6,8-9H,5,7,10-11,13H2,1-4H3,(H,23,27)(H,24,28). The molecule has 0 fully saturated rings. The Balaban J connectivity index is 2.02. The first-order valence-electron chi connectivity index (χ1n) is 9.46. The molecule has 28 heavy (non-hydrogen) atoms. The molecule has 7 heteroatoms. The molecule has 2 amide bonds. The van der Waals surface area contributed by atoms with Gasteiger partial charge in [0.1, 0.15) is 0 Å². The summed E-state index contributed by atoms with van der Waals surface area (Å²) >= 11 is 0. The maximum absolute atomic E-state index is 12.5. The van der Waals surface area contributed by atoms with Crippen LogP contribution in [0.4, 0.5) is 11.4 Å². The van der Waals surface area contributed by atoms with Crippen molar-refractivity contribution in [2.45, 2.75) is 59.9 Å². The minimum atomic E-state index is -0.0920. The molecule has 1 aromatic carbocycles. The first-order valence-corrected chi connectivity index (χ1v) is 9.46. The minimum absolute atomic E-state index is 0.0639. The van der Waals surface area contributed by atoms with E-state index in [1.807, 2.05) is 37.6 Å². The van der Waals surface area contributed by atoms with Crippen LogP contribution in [0.3, 0.4) is 0 Å². The summed E-state index contributed by atoms with van der Waals surface area (Å²) in [6.07, 6.45) is 1.72. The van der Waals surface area contributed by atoms with Crippen LogP contribution in [0.2, 0.25) is 0 Å². The van der Waals surface area contributed by atoms with E-state index in [2.05, 4.69) is 21.8 Å². The molecule has 0 bridgehead atoms. The van der Waals surface area contributed by atoms with Gasteiger partial charge in [0.2, 0.25) is 11.8 Å². The van der Waals surface area contributed by atoms with Gasteiger partial charge in [-0.25, -0.2) is 0 Å². The molecule has 0 aliphatic rings. The fourth-order valence-corrected chi connectivity index (χ4v) is 3.07. The lowest BCUT2D eigenvalue weighted by molar-refractivity contribution is -0.116. The molecule has 0 atom stereocenters. The number of amides is 2. The van der Waals surface area contributed by atoms with Crippen molar-refractivity contribution in [2.24, 2.45) is 0 Å². The molecular weight excluding hydrogens is 354 g/mol. The van der Waals surface area contributed by atoms with Crippen LogP contribution in [0.25, 0.3) is 0 Å². The molecular formula is C21H27N5O2. The third-order valence-corrected chi connectivity index (χ3v) is 4.77. The molecule has 0 radical (unpaired) electrons. The zero-order valence-corrected chi connectivity index (χ0v) is 16.9. The van der Waals surface area contributed by atoms with E-state index in [4.69, 9.17) is 5.26 Å². The average Bonchev–Trinajstić information content (AvgIpc) is 2.94. The largest absolute Gasteiger partial charge is 0.326 e. The van der Waals surface area contributed by atoms with Crippen molar-refractivity contribution in [1.29, 1.82) is 5.26 Å². The second-order valence-electron chi connectivity index (χ2n) is 6.71. The monoisotopic (exact) mass is 381 g/mol. The van der Waals surface area contributed by atoms with Gasteiger partial charge < -0.3 is 10.6 Å². The summed E-state index contributed by atoms with van der Waals surface area (Å²) in [5.74, 6) is -0.156. The van der Waals surface area contributed by atoms with Crippen LogP contribution in [-0.2, 0) is 22.6 Å². The summed E-state index contributed by atoms with van der Waals surface area (Å²) < 4.78 is 1.83. The molecule has 1 aromatic heterocycles. The molecule has 0 aliphatic heterocycles. The van der Waals surface area contributed by atoms with E-state index in [0.717, 1.165) is 22.5 Å². The van der Waals surface area contributed by atoms with E-state index in [1.54, 1.807) is 13.0 Å². The van der Waals surface area contributed by atoms with Crippen LogP contribution < -0.4 is 10.6 Å². The number of rotatable bonds is 8. The molecule has 0 saturated heterocycles. The maximum atomic E-state index is 12.5. The molecule has 0 unspecified atom stereocenters. The minimum Gasteiger partial charge on any atom is -0.326 e. The summed E-state index contributed by atoms with van der Waals surface area (Å²) in [5.41, 5.74) is 5.17. The normalized spacial score (nSPS) is 10.4. The number of benzene rings is 1. The third-order valence-electron chi connectivity index (χ3n) is 4.77. The number of aromatic nitrogens is 2. The van der Waals surface area contributed by atoms with Gasteiger partial charge in [0.25, 0.3) is 0 Å². The van der Waals surface area contributed by atoms with Gasteiger partial charge in [-0.3, -0.25) is 14.3 Å². The van der Waals surface area contributed by atoms with Crippen molar-refractivity contribution in [3.05, 3.63) is 40.7 Å². The van der Waals surface area contributed by atoms with E-state index < -0.39 is 0 Å². The lowest BCUT2D eigenvalue weighted by Crippen LogP contribution is -2.15. The second kappa shape index (κ2) is 9.70. The second-order valence-corrected chi connectivity index (χ2v) is 6.71. The van der Waals surface area contributed by atoms with Crippen molar-refractivity contribution in [3.63, 3.8) is 0 Å². The predicted molar refractivity (Wildman–Crippen MR) is 109 cm³/mol. The summed E-state index contributed by atoms with van der Waals surface area (Å²) in [4.78, 5) is 24.1. The van der Waals surface area contributed by atoms with Crippen LogP contribution >= 0.6 is 0 Å². The van der Waals surface area contributed by atoms with Gasteiger partial charge in [-0.1, -0.05) is 13.0 Å². The Bertz CT molecular complexity index is 908. The molecule has 2 rings (SSSR count). The molecule has 148 valence electrons. The van der Waals surface area contributed by atoms with Crippen LogP contribution in [0.1, 0.15) is 48.7 Å². The highest BCUT2D eigenvalue weighted by atomic mass is 16.2. The fraction of sp³-hybridized carbons (Fsp3) is 0.429. The van der Waals surface area contributed by atoms with E-state index >= 15 is 0 Å². The fourth-order valence-electron chi connectivity index (χ4n) is 3.07. The highest BCUT2D eigenvalue weighted by Gasteiger charge is 2.14. The Hall–Kier alpha value is -3.14. The zero-order valence-electron chi connectivity index (χ0n) is 16.9. The Morgan fingerprint density at radius 3 is 2.39 bits per heavy atom. The topological polar surface area (TPSA) is 99.8 Å². The van der Waals surface area contributed by atoms with Crippen LogP contribution in [0.5, 0.6) is 0 Å². The van der Waals surface area contributed by atoms with Gasteiger partial charge in [-0.05, 0) is 50.5 Å². The first-order chi connectivity index (χ1) is 13.4. The van der Waals surface area contributed by atoms with Crippen LogP contribution in [-0.4, -0.2) is 21.6 Å². The smallest absolute Gasteiger partial charge is 0.224 e. The van der Waals surface area contributed by atoms with E-state index in [9.17, 15) is 9.59 Å². The molecule has 7 nitrogen and oxygen atoms in total. The number of anilines is 2. The number of carbonyl (C=O) groups is 2. The highest BCUT2D eigenvalue weighted by molar-refractivity contribution is 5.95. The van der Waals surface area contributed by atoms with E-state index in [1.165, 1.54) is 0 Å². The quantitative estimate of drug-likeness (QED) is 0.729. The number of carbonyl (C=O) groups excluding carboxylic acids is 2. The molecule has 0 saturated carbocycles. The molecule has 2 aromatic rings. The van der Waals surface area contributed by atoms with Crippen LogP contribution in [0, 0.1) is 32.1 Å². The van der Waals surface area contributed by atoms with Crippen molar-refractivity contribution < 1.29 is 9.59 Å². The molecule has 2 N–H and O–H groups in total. The van der Waals surface area contributed by atoms with E-state index in [-0.39, 0.29) is 11.8 Å². The zero-order chi connectivity index (χ0) is 20.7. The summed E-state index contributed by atoms with van der Waals surface area (Å²) in [5, 5.41) is 19.0. The Labute approximate surface area is 165 Å². The predicted octanol–water partition coefficient (Wildman–Crippen LogP) is 3.64. The average molecular weight is 381 g/mol. The van der Waals surface area contributed by atoms with Gasteiger partial charge in [0, 0.05) is 29.9 Å². The number of hydrogen-bond acceptors (Lipinski definition) is 4. The SMILES string of the molecule is CCC(=O)Nc1cccc(NC(=O)CCc2c(C)nn(CCC#N)c2C)c1C. The highest BCUT2D eigenvalue weighted by Crippen LogP contribution is 2.24. The summed E-state index contributed by atoms with van der Waals surface area (Å²) in [6.45, 7) is 8.11. The van der Waals surface area contributed by atoms with Gasteiger partial charge in [0.05, 0.1) is 24.7 Å². The number of nitriles is 1. The lowest BCUT2D eigenvalue weighted by Gasteiger charge is -2.13. The number of hydrogen-bond donors (Lipinski definition) is 2. The Morgan fingerprint density at radius 1 is 1.14 bits per heavy atom. The number of aryl methyl sites for hydroxylation is 2. The van der Waals surface area contributed by atoms with Crippen molar-refractivity contribution in [1.82, 2.24) is 9.78 Å². The maximum Gasteiger partial charge on any atom is 0.224 e. The summed E-state index contributed by atoms with van der Waals surface area (Å²) in [6, 6.07) is 7.58. The van der Waals surface area contributed by atoms with Crippen molar-refractivity contribution in [3.8, 4) is 6.07 Å². The third kappa shape index (κ3) is 5.19. The number of nitrogens with zero attached hydrogens (tertiary/aromatic N) is 3. The Morgan fingerprint density at radius 2 is 1.79 bits per heavy atom. The van der Waals surface area contributed by atoms with Gasteiger partial charge in [0.15, 0.2) is 0 Å². The Kier molecular flexibility index (Phi) is 7.33. The van der Waals surface area contributed by atoms with Gasteiger partial charge in [-0.15, -0.1) is 0 Å². The van der Waals surface area contributed by atoms with Crippen molar-refractivity contribution >= 4 is 23.2 Å². The van der Waals surface area contributed by atoms with Crippen molar-refractivity contribution in [2.75, 3.05) is 10.6 Å². The van der Waals surface area contributed by atoms with E-state index in [0.29, 0.717) is 43.6 Å².